The largest absolute Gasteiger partial charge is 0.374 e. The number of hydrogen-bond acceptors (Lipinski definition) is 4. The number of hydrogen-bond donors (Lipinski definition) is 2. The maximum atomic E-state index is 4.94. The predicted molar refractivity (Wildman–Crippen MR) is 147 cm³/mol. The Morgan fingerprint density at radius 3 is 1.46 bits per heavy atom. The summed E-state index contributed by atoms with van der Waals surface area (Å²) in [5, 5.41) is 7.74. The minimum atomic E-state index is -0.0611. The molecule has 2 aromatic rings. The molecule has 3 aliphatic rings. The van der Waals surface area contributed by atoms with E-state index >= 15 is 0 Å². The van der Waals surface area contributed by atoms with Crippen LogP contribution in [-0.4, -0.2) is 24.5 Å². The number of aliphatic imine (C=N–C) groups is 2. The molecular formula is C31H30N4. The number of rotatable bonds is 2. The van der Waals surface area contributed by atoms with E-state index < -0.39 is 0 Å². The van der Waals surface area contributed by atoms with Crippen molar-refractivity contribution in [3.05, 3.63) is 144 Å². The molecule has 0 aromatic heterocycles. The molecule has 2 aliphatic carbocycles. The molecule has 1 aliphatic heterocycles. The Labute approximate surface area is 207 Å². The number of nitrogens with one attached hydrogen (secondary N) is 2. The van der Waals surface area contributed by atoms with Crippen LogP contribution in [0.15, 0.2) is 143 Å². The highest BCUT2D eigenvalue weighted by molar-refractivity contribution is 6.09. The molecule has 174 valence electrons. The van der Waals surface area contributed by atoms with Gasteiger partial charge in [-0.25, -0.2) is 0 Å². The van der Waals surface area contributed by atoms with Crippen molar-refractivity contribution in [1.29, 1.82) is 0 Å². The quantitative estimate of drug-likeness (QED) is 0.584. The summed E-state index contributed by atoms with van der Waals surface area (Å²) < 4.78 is 0. The smallest absolute Gasteiger partial charge is 0.0805 e. The Hall–Kier alpha value is -4.18. The molecule has 0 bridgehead atoms. The summed E-state index contributed by atoms with van der Waals surface area (Å²) in [7, 11) is 0. The highest BCUT2D eigenvalue weighted by Gasteiger charge is 2.28. The van der Waals surface area contributed by atoms with Crippen molar-refractivity contribution >= 4 is 11.4 Å². The first-order valence-electron chi connectivity index (χ1n) is 12.2. The summed E-state index contributed by atoms with van der Waals surface area (Å²) >= 11 is 0. The highest BCUT2D eigenvalue weighted by Crippen LogP contribution is 2.32. The van der Waals surface area contributed by atoms with Crippen molar-refractivity contribution in [1.82, 2.24) is 10.6 Å². The lowest BCUT2D eigenvalue weighted by atomic mass is 9.92. The third-order valence-electron chi connectivity index (χ3n) is 6.18. The van der Waals surface area contributed by atoms with Crippen LogP contribution in [0.1, 0.15) is 29.6 Å². The molecule has 35 heavy (non-hydrogen) atoms. The summed E-state index contributed by atoms with van der Waals surface area (Å²) in [6, 6.07) is 21.1. The zero-order chi connectivity index (χ0) is 23.7. The van der Waals surface area contributed by atoms with Crippen LogP contribution in [0.3, 0.4) is 0 Å². The lowest BCUT2D eigenvalue weighted by Crippen LogP contribution is -2.37. The normalized spacial score (nSPS) is 22.1. The van der Waals surface area contributed by atoms with E-state index in [2.05, 4.69) is 108 Å². The summed E-state index contributed by atoms with van der Waals surface area (Å²) in [5.74, 6) is 0. The third kappa shape index (κ3) is 5.67. The van der Waals surface area contributed by atoms with Gasteiger partial charge in [0.15, 0.2) is 0 Å². The van der Waals surface area contributed by atoms with Gasteiger partial charge < -0.3 is 10.6 Å². The van der Waals surface area contributed by atoms with E-state index in [9.17, 15) is 0 Å². The topological polar surface area (TPSA) is 48.8 Å². The van der Waals surface area contributed by atoms with E-state index in [1.54, 1.807) is 0 Å². The van der Waals surface area contributed by atoms with Gasteiger partial charge in [0.25, 0.3) is 0 Å². The third-order valence-corrected chi connectivity index (χ3v) is 6.18. The molecule has 0 unspecified atom stereocenters. The molecule has 0 saturated heterocycles. The first-order valence-corrected chi connectivity index (χ1v) is 12.2. The van der Waals surface area contributed by atoms with E-state index in [0.717, 1.165) is 42.3 Å². The number of allylic oxidation sites excluding steroid dienone is 10. The second kappa shape index (κ2) is 11.3. The summed E-state index contributed by atoms with van der Waals surface area (Å²) in [6.45, 7) is 1.45. The average Bonchev–Trinajstić information content (AvgIpc) is 3.26. The van der Waals surface area contributed by atoms with E-state index in [4.69, 9.17) is 9.98 Å². The van der Waals surface area contributed by atoms with Crippen molar-refractivity contribution in [2.75, 3.05) is 13.1 Å². The molecule has 4 heteroatoms. The molecule has 2 atom stereocenters. The van der Waals surface area contributed by atoms with Gasteiger partial charge in [0, 0.05) is 13.1 Å². The van der Waals surface area contributed by atoms with Crippen molar-refractivity contribution in [3.8, 4) is 0 Å². The summed E-state index contributed by atoms with van der Waals surface area (Å²) in [4.78, 5) is 9.89. The van der Waals surface area contributed by atoms with Gasteiger partial charge >= 0.3 is 0 Å². The SMILES string of the molecule is C1=CC=C2N[C@@H](c3ccccc3)[C@H](c3ccccc3)NC3=CC=CC=CC3=NCCCN=C2C=C1. The summed E-state index contributed by atoms with van der Waals surface area (Å²) in [5.41, 5.74) is 6.35. The van der Waals surface area contributed by atoms with Gasteiger partial charge in [0.05, 0.1) is 34.9 Å². The van der Waals surface area contributed by atoms with Crippen LogP contribution < -0.4 is 10.6 Å². The lowest BCUT2D eigenvalue weighted by molar-refractivity contribution is 0.448. The van der Waals surface area contributed by atoms with Crippen LogP contribution >= 0.6 is 0 Å². The second-order valence-corrected chi connectivity index (χ2v) is 8.60. The molecule has 0 spiro atoms. The van der Waals surface area contributed by atoms with E-state index in [0.29, 0.717) is 0 Å². The van der Waals surface area contributed by atoms with Crippen molar-refractivity contribution in [3.63, 3.8) is 0 Å². The zero-order valence-corrected chi connectivity index (χ0v) is 19.7. The fraction of sp³-hybridized carbons (Fsp3) is 0.161. The van der Waals surface area contributed by atoms with Gasteiger partial charge in [0.2, 0.25) is 0 Å². The van der Waals surface area contributed by atoms with Crippen LogP contribution in [0.25, 0.3) is 0 Å². The van der Waals surface area contributed by atoms with Crippen molar-refractivity contribution < 1.29 is 0 Å². The minimum absolute atomic E-state index is 0.0611. The zero-order valence-electron chi connectivity index (χ0n) is 19.7. The Kier molecular flexibility index (Phi) is 7.30. The summed E-state index contributed by atoms with van der Waals surface area (Å²) in [6.07, 6.45) is 21.6. The molecule has 1 heterocycles. The van der Waals surface area contributed by atoms with Gasteiger partial charge in [-0.15, -0.1) is 0 Å². The second-order valence-electron chi connectivity index (χ2n) is 8.60. The highest BCUT2D eigenvalue weighted by atomic mass is 15.1. The minimum Gasteiger partial charge on any atom is -0.374 e. The number of benzene rings is 2. The monoisotopic (exact) mass is 458 g/mol. The first-order chi connectivity index (χ1) is 17.4. The van der Waals surface area contributed by atoms with Gasteiger partial charge in [-0.3, -0.25) is 9.98 Å². The van der Waals surface area contributed by atoms with Gasteiger partial charge in [-0.05, 0) is 41.9 Å². The molecule has 5 rings (SSSR count). The van der Waals surface area contributed by atoms with Gasteiger partial charge in [0.1, 0.15) is 0 Å². The first kappa shape index (κ1) is 22.6. The number of fused-ring (bicyclic) bond motifs is 2. The Balaban J connectivity index is 1.66. The maximum Gasteiger partial charge on any atom is 0.0805 e. The van der Waals surface area contributed by atoms with Crippen LogP contribution in [0.4, 0.5) is 0 Å². The van der Waals surface area contributed by atoms with Crippen LogP contribution in [0, 0.1) is 0 Å². The van der Waals surface area contributed by atoms with Crippen molar-refractivity contribution in [2.24, 2.45) is 9.98 Å². The van der Waals surface area contributed by atoms with Gasteiger partial charge in [-0.1, -0.05) is 97.1 Å². The average molecular weight is 459 g/mol. The molecule has 0 fully saturated rings. The lowest BCUT2D eigenvalue weighted by Gasteiger charge is -2.33. The standard InChI is InChI=1S/C31H30N4/c1-5-14-24(15-6-1)30-31(25-16-7-2-8-17-25)35-29-21-12-4-10-19-27(29)33-23-13-22-32-26-18-9-3-11-20-28(26)34-30/h1-12,14-21,30-31,34-35H,13,22-23H2/t30-,31-/m0/s1. The fourth-order valence-electron chi connectivity index (χ4n) is 4.44. The molecule has 0 saturated carbocycles. The molecular weight excluding hydrogens is 428 g/mol. The predicted octanol–water partition coefficient (Wildman–Crippen LogP) is 5.95. The number of nitrogens with zero attached hydrogens (tertiary/aromatic N) is 2. The fourth-order valence-corrected chi connectivity index (χ4v) is 4.44. The maximum absolute atomic E-state index is 4.94. The van der Waals surface area contributed by atoms with E-state index in [1.165, 1.54) is 11.1 Å². The molecule has 2 aromatic carbocycles. The Morgan fingerprint density at radius 2 is 1.00 bits per heavy atom. The Bertz CT molecular complexity index is 1160. The van der Waals surface area contributed by atoms with E-state index in [-0.39, 0.29) is 12.1 Å². The van der Waals surface area contributed by atoms with Crippen LogP contribution in [0.2, 0.25) is 0 Å². The van der Waals surface area contributed by atoms with Crippen LogP contribution in [0.5, 0.6) is 0 Å². The van der Waals surface area contributed by atoms with Gasteiger partial charge in [-0.2, -0.15) is 0 Å². The molecule has 0 radical (unpaired) electrons. The molecule has 0 amide bonds. The molecule has 2 N–H and O–H groups in total. The van der Waals surface area contributed by atoms with Crippen molar-refractivity contribution in [2.45, 2.75) is 18.5 Å². The van der Waals surface area contributed by atoms with Crippen LogP contribution in [-0.2, 0) is 0 Å². The molecule has 4 nitrogen and oxygen atoms in total. The Morgan fingerprint density at radius 1 is 0.543 bits per heavy atom. The van der Waals surface area contributed by atoms with E-state index in [1.807, 2.05) is 24.3 Å².